The quantitative estimate of drug-likeness (QED) is 0.291. The molecule has 0 bridgehead atoms. The first-order chi connectivity index (χ1) is 20.3. The molecule has 1 atom stereocenters. The SMILES string of the molecule is O=c1n(-c2ccc(N3CCN(c4ccc(O)cc4)CC3)cc2)cnn1CC(O)(Cn1cncn1)c1ccc(F)cc1F. The number of aliphatic hydroxyl groups is 1. The Morgan fingerprint density at radius 3 is 2.00 bits per heavy atom. The molecule has 3 aromatic carbocycles. The van der Waals surface area contributed by atoms with Crippen molar-refractivity contribution in [2.45, 2.75) is 18.7 Å². The lowest BCUT2D eigenvalue weighted by Crippen LogP contribution is -2.46. The summed E-state index contributed by atoms with van der Waals surface area (Å²) in [6, 6.07) is 17.5. The zero-order valence-corrected chi connectivity index (χ0v) is 22.5. The predicted molar refractivity (Wildman–Crippen MR) is 151 cm³/mol. The lowest BCUT2D eigenvalue weighted by Gasteiger charge is -2.37. The van der Waals surface area contributed by atoms with E-state index in [-0.39, 0.29) is 17.9 Å². The van der Waals surface area contributed by atoms with Crippen molar-refractivity contribution < 1.29 is 19.0 Å². The largest absolute Gasteiger partial charge is 0.508 e. The van der Waals surface area contributed by atoms with E-state index < -0.39 is 29.5 Å². The van der Waals surface area contributed by atoms with Crippen molar-refractivity contribution in [3.8, 4) is 11.4 Å². The third-order valence-corrected chi connectivity index (χ3v) is 7.45. The van der Waals surface area contributed by atoms with Gasteiger partial charge in [0.25, 0.3) is 0 Å². The molecule has 0 radical (unpaired) electrons. The first-order valence-corrected chi connectivity index (χ1v) is 13.3. The number of nitrogens with zero attached hydrogens (tertiary/aromatic N) is 8. The molecule has 2 aromatic heterocycles. The summed E-state index contributed by atoms with van der Waals surface area (Å²) >= 11 is 0. The Labute approximate surface area is 239 Å². The lowest BCUT2D eigenvalue weighted by molar-refractivity contribution is -0.00948. The van der Waals surface area contributed by atoms with Crippen molar-refractivity contribution in [3.05, 3.63) is 113 Å². The van der Waals surface area contributed by atoms with Crippen molar-refractivity contribution in [3.63, 3.8) is 0 Å². The maximum atomic E-state index is 14.8. The molecule has 1 unspecified atom stereocenters. The fraction of sp³-hybridized carbons (Fsp3) is 0.241. The summed E-state index contributed by atoms with van der Waals surface area (Å²) in [6.07, 6.45) is 3.95. The molecule has 42 heavy (non-hydrogen) atoms. The van der Waals surface area contributed by atoms with Crippen LogP contribution in [0.3, 0.4) is 0 Å². The van der Waals surface area contributed by atoms with Gasteiger partial charge < -0.3 is 20.0 Å². The number of piperazine rings is 1. The van der Waals surface area contributed by atoms with Crippen LogP contribution in [0.1, 0.15) is 5.56 Å². The Morgan fingerprint density at radius 2 is 1.40 bits per heavy atom. The van der Waals surface area contributed by atoms with Crippen molar-refractivity contribution in [2.24, 2.45) is 0 Å². The number of aromatic nitrogens is 6. The molecular weight excluding hydrogens is 546 g/mol. The normalized spacial score (nSPS) is 15.1. The van der Waals surface area contributed by atoms with Gasteiger partial charge in [-0.2, -0.15) is 10.2 Å². The second-order valence-corrected chi connectivity index (χ2v) is 10.2. The van der Waals surface area contributed by atoms with E-state index in [2.05, 4.69) is 25.0 Å². The zero-order valence-electron chi connectivity index (χ0n) is 22.5. The van der Waals surface area contributed by atoms with Crippen molar-refractivity contribution >= 4 is 11.4 Å². The highest BCUT2D eigenvalue weighted by molar-refractivity contribution is 5.54. The molecule has 5 aromatic rings. The van der Waals surface area contributed by atoms with Crippen LogP contribution < -0.4 is 15.5 Å². The van der Waals surface area contributed by atoms with E-state index in [1.54, 1.807) is 12.1 Å². The van der Waals surface area contributed by atoms with Crippen LogP contribution in [0.5, 0.6) is 5.75 Å². The molecule has 0 aliphatic carbocycles. The fourth-order valence-corrected chi connectivity index (χ4v) is 5.25. The number of phenols is 1. The number of anilines is 2. The summed E-state index contributed by atoms with van der Waals surface area (Å²) < 4.78 is 32.1. The molecule has 2 N–H and O–H groups in total. The minimum absolute atomic E-state index is 0.198. The molecule has 1 fully saturated rings. The van der Waals surface area contributed by atoms with E-state index in [1.807, 2.05) is 36.4 Å². The lowest BCUT2D eigenvalue weighted by atomic mass is 9.93. The summed E-state index contributed by atoms with van der Waals surface area (Å²) in [4.78, 5) is 21.7. The number of hydrogen-bond acceptors (Lipinski definition) is 8. The molecule has 1 aliphatic heterocycles. The molecule has 3 heterocycles. The number of rotatable bonds is 8. The van der Waals surface area contributed by atoms with Crippen LogP contribution >= 0.6 is 0 Å². The van der Waals surface area contributed by atoms with Crippen molar-refractivity contribution in [1.82, 2.24) is 29.1 Å². The third-order valence-electron chi connectivity index (χ3n) is 7.45. The van der Waals surface area contributed by atoms with Crippen LogP contribution in [0.4, 0.5) is 20.2 Å². The predicted octanol–water partition coefficient (Wildman–Crippen LogP) is 2.52. The van der Waals surface area contributed by atoms with Gasteiger partial charge in [-0.1, -0.05) is 6.07 Å². The third kappa shape index (κ3) is 5.46. The first kappa shape index (κ1) is 27.1. The van der Waals surface area contributed by atoms with Gasteiger partial charge in [-0.25, -0.2) is 32.5 Å². The fourth-order valence-electron chi connectivity index (χ4n) is 5.25. The Balaban J connectivity index is 1.18. The molecule has 216 valence electrons. The van der Waals surface area contributed by atoms with Crippen molar-refractivity contribution in [1.29, 1.82) is 0 Å². The van der Waals surface area contributed by atoms with E-state index in [9.17, 15) is 23.8 Å². The number of benzene rings is 3. The average Bonchev–Trinajstić information content (AvgIpc) is 3.63. The maximum absolute atomic E-state index is 14.8. The topological polar surface area (TPSA) is 117 Å². The number of phenolic OH excluding ortho intramolecular Hbond substituents is 1. The van der Waals surface area contributed by atoms with Gasteiger partial charge in [0, 0.05) is 49.2 Å². The van der Waals surface area contributed by atoms with E-state index in [1.165, 1.54) is 28.2 Å². The summed E-state index contributed by atoms with van der Waals surface area (Å²) in [5, 5.41) is 29.3. The van der Waals surface area contributed by atoms with Crippen LogP contribution in [-0.4, -0.2) is 65.5 Å². The molecule has 0 amide bonds. The smallest absolute Gasteiger partial charge is 0.350 e. The minimum Gasteiger partial charge on any atom is -0.508 e. The highest BCUT2D eigenvalue weighted by Crippen LogP contribution is 2.28. The highest BCUT2D eigenvalue weighted by atomic mass is 19.1. The van der Waals surface area contributed by atoms with Crippen LogP contribution in [0.15, 0.2) is 90.5 Å². The van der Waals surface area contributed by atoms with Crippen LogP contribution in [0, 0.1) is 11.6 Å². The Bertz CT molecular complexity index is 1710. The van der Waals surface area contributed by atoms with Gasteiger partial charge in [0.05, 0.1) is 18.8 Å². The van der Waals surface area contributed by atoms with Gasteiger partial charge in [-0.3, -0.25) is 0 Å². The van der Waals surface area contributed by atoms with Crippen LogP contribution in [-0.2, 0) is 18.7 Å². The van der Waals surface area contributed by atoms with E-state index >= 15 is 0 Å². The van der Waals surface area contributed by atoms with E-state index in [0.717, 1.165) is 54.4 Å². The summed E-state index contributed by atoms with van der Waals surface area (Å²) in [5.41, 5.74) is -0.0697. The second kappa shape index (κ2) is 11.1. The summed E-state index contributed by atoms with van der Waals surface area (Å²) in [5.74, 6) is -1.50. The number of halogens is 2. The Hall–Kier alpha value is -5.04. The van der Waals surface area contributed by atoms with Gasteiger partial charge in [-0.05, 0) is 54.6 Å². The molecule has 6 rings (SSSR count). The standard InChI is InChI=1S/C29H28F2N8O3/c30-21-1-10-26(27(31)15-21)29(42,16-37-19-32-18-33-37)17-39-28(41)38(20-34-39)24-4-2-22(3-5-24)35-11-13-36(14-12-35)23-6-8-25(40)9-7-23/h1-10,15,18-20,40,42H,11-14,16-17H2. The molecule has 0 saturated carbocycles. The molecule has 1 aliphatic rings. The van der Waals surface area contributed by atoms with Gasteiger partial charge in [0.1, 0.15) is 42.0 Å². The van der Waals surface area contributed by atoms with Gasteiger partial charge in [-0.15, -0.1) is 0 Å². The first-order valence-electron chi connectivity index (χ1n) is 13.3. The van der Waals surface area contributed by atoms with Crippen molar-refractivity contribution in [2.75, 3.05) is 36.0 Å². The van der Waals surface area contributed by atoms with Crippen LogP contribution in [0.25, 0.3) is 5.69 Å². The zero-order chi connectivity index (χ0) is 29.3. The molecule has 0 spiro atoms. The van der Waals surface area contributed by atoms with Crippen LogP contribution in [0.2, 0.25) is 0 Å². The highest BCUT2D eigenvalue weighted by Gasteiger charge is 2.35. The minimum atomic E-state index is -1.99. The van der Waals surface area contributed by atoms with Gasteiger partial charge in [0.15, 0.2) is 0 Å². The average molecular weight is 575 g/mol. The van der Waals surface area contributed by atoms with E-state index in [4.69, 9.17) is 0 Å². The van der Waals surface area contributed by atoms with Gasteiger partial charge >= 0.3 is 5.69 Å². The number of hydrogen-bond donors (Lipinski definition) is 2. The van der Waals surface area contributed by atoms with E-state index in [0.29, 0.717) is 11.8 Å². The molecule has 13 heteroatoms. The second-order valence-electron chi connectivity index (χ2n) is 10.2. The Morgan fingerprint density at radius 1 is 0.786 bits per heavy atom. The summed E-state index contributed by atoms with van der Waals surface area (Å²) in [6.45, 7) is 2.61. The molecule has 11 nitrogen and oxygen atoms in total. The Kier molecular flexibility index (Phi) is 7.17. The molecule has 1 saturated heterocycles. The number of aromatic hydroxyl groups is 1. The van der Waals surface area contributed by atoms with Gasteiger partial charge in [0.2, 0.25) is 0 Å². The monoisotopic (exact) mass is 574 g/mol. The molecular formula is C29H28F2N8O3. The maximum Gasteiger partial charge on any atom is 0.350 e. The summed E-state index contributed by atoms with van der Waals surface area (Å²) in [7, 11) is 0.